The minimum Gasteiger partial charge on any atom is -0.332 e. The van der Waals surface area contributed by atoms with Crippen LogP contribution in [0, 0.1) is 0 Å². The molecule has 22 heavy (non-hydrogen) atoms. The third kappa shape index (κ3) is 2.65. The zero-order valence-corrected chi connectivity index (χ0v) is 12.3. The number of rotatable bonds is 3. The van der Waals surface area contributed by atoms with Crippen molar-refractivity contribution in [3.8, 4) is 0 Å². The van der Waals surface area contributed by atoms with Gasteiger partial charge in [-0.25, -0.2) is 4.79 Å². The normalized spacial score (nSPS) is 10.8. The summed E-state index contributed by atoms with van der Waals surface area (Å²) in [7, 11) is 0. The highest BCUT2D eigenvalue weighted by molar-refractivity contribution is 5.84. The number of aryl methyl sites for hydroxylation is 1. The number of amides is 1. The van der Waals surface area contributed by atoms with Crippen LogP contribution in [-0.2, 0) is 13.0 Å². The maximum atomic E-state index is 12.2. The van der Waals surface area contributed by atoms with Crippen LogP contribution in [0.1, 0.15) is 18.1 Å². The maximum absolute atomic E-state index is 12.2. The van der Waals surface area contributed by atoms with Gasteiger partial charge in [-0.3, -0.25) is 9.89 Å². The number of aromatic nitrogens is 2. The Morgan fingerprint density at radius 1 is 1.14 bits per heavy atom. The smallest absolute Gasteiger partial charge is 0.332 e. The van der Waals surface area contributed by atoms with E-state index in [1.165, 1.54) is 5.56 Å². The molecule has 0 aliphatic rings. The van der Waals surface area contributed by atoms with Gasteiger partial charge in [0, 0.05) is 6.54 Å². The molecule has 5 nitrogen and oxygen atoms in total. The van der Waals surface area contributed by atoms with E-state index in [4.69, 9.17) is 0 Å². The zero-order chi connectivity index (χ0) is 15.5. The minimum atomic E-state index is -0.455. The topological polar surface area (TPSA) is 66.9 Å². The number of aromatic amines is 1. The molecule has 3 aromatic rings. The van der Waals surface area contributed by atoms with Crippen molar-refractivity contribution in [3.63, 3.8) is 0 Å². The molecular formula is C17H17N3O2. The van der Waals surface area contributed by atoms with Crippen molar-refractivity contribution < 1.29 is 4.79 Å². The largest absolute Gasteiger partial charge is 0.343 e. The minimum absolute atomic E-state index is 0.338. The number of carbonyl (C=O) groups is 1. The van der Waals surface area contributed by atoms with Crippen LogP contribution in [0.5, 0.6) is 0 Å². The third-order valence-corrected chi connectivity index (χ3v) is 3.64. The Bertz CT molecular complexity index is 877. The van der Waals surface area contributed by atoms with Gasteiger partial charge < -0.3 is 5.32 Å². The molecule has 0 saturated heterocycles. The molecule has 3 rings (SSSR count). The zero-order valence-electron chi connectivity index (χ0n) is 12.3. The summed E-state index contributed by atoms with van der Waals surface area (Å²) in [5.74, 6) is 0. The van der Waals surface area contributed by atoms with E-state index in [1.807, 2.05) is 30.3 Å². The van der Waals surface area contributed by atoms with Crippen LogP contribution in [0.25, 0.3) is 10.9 Å². The molecule has 0 saturated carbocycles. The van der Waals surface area contributed by atoms with Crippen molar-refractivity contribution in [2.75, 3.05) is 0 Å². The van der Waals surface area contributed by atoms with Gasteiger partial charge >= 0.3 is 6.03 Å². The van der Waals surface area contributed by atoms with Gasteiger partial charge in [-0.05, 0) is 29.7 Å². The van der Waals surface area contributed by atoms with Crippen molar-refractivity contribution in [2.45, 2.75) is 19.9 Å². The summed E-state index contributed by atoms with van der Waals surface area (Å²) >= 11 is 0. The van der Waals surface area contributed by atoms with Gasteiger partial charge in [-0.2, -0.15) is 4.68 Å². The van der Waals surface area contributed by atoms with Gasteiger partial charge in [0.25, 0.3) is 5.56 Å². The van der Waals surface area contributed by atoms with E-state index in [1.54, 1.807) is 18.2 Å². The van der Waals surface area contributed by atoms with Gasteiger partial charge in [0.15, 0.2) is 0 Å². The first-order chi connectivity index (χ1) is 10.7. The average molecular weight is 295 g/mol. The highest BCUT2D eigenvalue weighted by Crippen LogP contribution is 2.07. The van der Waals surface area contributed by atoms with Gasteiger partial charge in [-0.15, -0.1) is 0 Å². The fourth-order valence-corrected chi connectivity index (χ4v) is 2.42. The van der Waals surface area contributed by atoms with Gasteiger partial charge in [-0.1, -0.05) is 43.3 Å². The number of carbonyl (C=O) groups excluding carboxylic acids is 1. The summed E-state index contributed by atoms with van der Waals surface area (Å²) in [6.07, 6.45) is 0.948. The molecule has 0 aliphatic carbocycles. The van der Waals surface area contributed by atoms with Crippen LogP contribution in [0.15, 0.2) is 53.3 Å². The fourth-order valence-electron chi connectivity index (χ4n) is 2.42. The van der Waals surface area contributed by atoms with Crippen LogP contribution in [-0.4, -0.2) is 15.8 Å². The predicted molar refractivity (Wildman–Crippen MR) is 86.0 cm³/mol. The lowest BCUT2D eigenvalue weighted by molar-refractivity contribution is 0.238. The molecule has 5 heteroatoms. The van der Waals surface area contributed by atoms with Gasteiger partial charge in [0.2, 0.25) is 0 Å². The van der Waals surface area contributed by atoms with Crippen LogP contribution in [0.3, 0.4) is 0 Å². The average Bonchev–Trinajstić information content (AvgIpc) is 2.90. The van der Waals surface area contributed by atoms with Crippen LogP contribution < -0.4 is 10.9 Å². The Morgan fingerprint density at radius 3 is 2.68 bits per heavy atom. The molecule has 0 spiro atoms. The Hall–Kier alpha value is -2.82. The van der Waals surface area contributed by atoms with Crippen molar-refractivity contribution in [1.29, 1.82) is 0 Å². The first kappa shape index (κ1) is 14.1. The van der Waals surface area contributed by atoms with Crippen molar-refractivity contribution >= 4 is 16.9 Å². The van der Waals surface area contributed by atoms with Gasteiger partial charge in [0.05, 0.1) is 10.9 Å². The third-order valence-electron chi connectivity index (χ3n) is 3.64. The highest BCUT2D eigenvalue weighted by Gasteiger charge is 2.12. The summed E-state index contributed by atoms with van der Waals surface area (Å²) in [5, 5.41) is 6.08. The molecule has 2 N–H and O–H groups in total. The summed E-state index contributed by atoms with van der Waals surface area (Å²) in [4.78, 5) is 24.3. The maximum Gasteiger partial charge on any atom is 0.343 e. The second kappa shape index (κ2) is 5.89. The number of hydrogen-bond donors (Lipinski definition) is 2. The molecule has 1 amide bonds. The molecular weight excluding hydrogens is 278 g/mol. The number of hydrogen-bond acceptors (Lipinski definition) is 2. The Morgan fingerprint density at radius 2 is 1.91 bits per heavy atom. The number of fused-ring (bicyclic) bond motifs is 1. The Balaban J connectivity index is 1.78. The Labute approximate surface area is 127 Å². The van der Waals surface area contributed by atoms with Crippen LogP contribution >= 0.6 is 0 Å². The van der Waals surface area contributed by atoms with Crippen LogP contribution in [0.4, 0.5) is 4.79 Å². The monoisotopic (exact) mass is 295 g/mol. The molecule has 0 fully saturated rings. The van der Waals surface area contributed by atoms with E-state index >= 15 is 0 Å². The number of H-pyrrole nitrogens is 1. The lowest BCUT2D eigenvalue weighted by atomic mass is 10.1. The molecule has 0 radical (unpaired) electrons. The van der Waals surface area contributed by atoms with E-state index in [2.05, 4.69) is 17.3 Å². The number of nitrogens with one attached hydrogen (secondary N) is 2. The molecule has 112 valence electrons. The molecule has 0 aliphatic heterocycles. The SMILES string of the molecule is CCc1cccc(CNC(=O)n2[nH]c3ccccc3c2=O)c1. The Kier molecular flexibility index (Phi) is 3.78. The molecule has 0 bridgehead atoms. The van der Waals surface area contributed by atoms with E-state index in [0.717, 1.165) is 16.7 Å². The standard InChI is InChI=1S/C17H17N3O2/c1-2-12-6-5-7-13(10-12)11-18-17(22)20-16(21)14-8-3-4-9-15(14)19-20/h3-10,19H,2,11H2,1H3,(H,18,22). The molecule has 1 aromatic heterocycles. The first-order valence-corrected chi connectivity index (χ1v) is 7.25. The lowest BCUT2D eigenvalue weighted by Crippen LogP contribution is -2.35. The summed E-state index contributed by atoms with van der Waals surface area (Å²) in [6, 6.07) is 14.6. The van der Waals surface area contributed by atoms with E-state index < -0.39 is 6.03 Å². The lowest BCUT2D eigenvalue weighted by Gasteiger charge is -2.06. The first-order valence-electron chi connectivity index (χ1n) is 7.25. The predicted octanol–water partition coefficient (Wildman–Crippen LogP) is 2.65. The summed E-state index contributed by atoms with van der Waals surface area (Å²) in [5.41, 5.74) is 2.54. The molecule has 2 aromatic carbocycles. The van der Waals surface area contributed by atoms with Crippen molar-refractivity contribution in [3.05, 3.63) is 70.0 Å². The van der Waals surface area contributed by atoms with E-state index in [-0.39, 0.29) is 5.56 Å². The highest BCUT2D eigenvalue weighted by atomic mass is 16.2. The van der Waals surface area contributed by atoms with Crippen molar-refractivity contribution in [2.24, 2.45) is 0 Å². The summed E-state index contributed by atoms with van der Waals surface area (Å²) < 4.78 is 1.01. The second-order valence-corrected chi connectivity index (χ2v) is 5.13. The quantitative estimate of drug-likeness (QED) is 0.780. The van der Waals surface area contributed by atoms with Crippen molar-refractivity contribution in [1.82, 2.24) is 15.1 Å². The van der Waals surface area contributed by atoms with E-state index in [0.29, 0.717) is 17.4 Å². The second-order valence-electron chi connectivity index (χ2n) is 5.13. The number of para-hydroxylation sites is 1. The molecule has 0 atom stereocenters. The molecule has 1 heterocycles. The fraction of sp³-hybridized carbons (Fsp3) is 0.176. The van der Waals surface area contributed by atoms with Gasteiger partial charge in [0.1, 0.15) is 0 Å². The number of nitrogens with zero attached hydrogens (tertiary/aromatic N) is 1. The summed E-state index contributed by atoms with van der Waals surface area (Å²) in [6.45, 7) is 2.47. The van der Waals surface area contributed by atoms with E-state index in [9.17, 15) is 9.59 Å². The number of benzene rings is 2. The molecule has 0 unspecified atom stereocenters. The van der Waals surface area contributed by atoms with Crippen LogP contribution in [0.2, 0.25) is 0 Å².